The number of ether oxygens (including phenoxy) is 1. The Balaban J connectivity index is 1.77. The smallest absolute Gasteiger partial charge is 0.315 e. The van der Waals surface area contributed by atoms with Gasteiger partial charge in [0.2, 0.25) is 5.82 Å². The van der Waals surface area contributed by atoms with Crippen molar-refractivity contribution in [1.82, 2.24) is 20.3 Å². The van der Waals surface area contributed by atoms with Crippen molar-refractivity contribution in [2.24, 2.45) is 0 Å². The lowest BCUT2D eigenvalue weighted by atomic mass is 10.1. The molecule has 0 amide bonds. The van der Waals surface area contributed by atoms with Gasteiger partial charge in [0.05, 0.1) is 6.61 Å². The summed E-state index contributed by atoms with van der Waals surface area (Å²) in [7, 11) is 1.59. The minimum Gasteiger partial charge on any atom is -0.384 e. The van der Waals surface area contributed by atoms with Crippen molar-refractivity contribution in [2.45, 2.75) is 12.8 Å². The van der Waals surface area contributed by atoms with E-state index in [-0.39, 0.29) is 5.82 Å². The molecule has 120 valence electrons. The van der Waals surface area contributed by atoms with Crippen LogP contribution in [0.15, 0.2) is 33.3 Å². The first-order valence-electron chi connectivity index (χ1n) is 6.71. The van der Waals surface area contributed by atoms with Crippen LogP contribution in [-0.2, 0) is 11.2 Å². The quantitative estimate of drug-likeness (QED) is 0.689. The van der Waals surface area contributed by atoms with E-state index in [1.807, 2.05) is 0 Å². The van der Waals surface area contributed by atoms with Crippen LogP contribution in [0, 0.1) is 0 Å². The Hall–Kier alpha value is -2.68. The molecule has 0 bridgehead atoms. The van der Waals surface area contributed by atoms with E-state index in [1.54, 1.807) is 31.4 Å². The number of aromatic nitrogens is 4. The summed E-state index contributed by atoms with van der Waals surface area (Å²) in [5.41, 5.74) is 1.24. The standard InChI is InChI=1S/C14H12F2N4O3/c1-21-7-6-10-17-13(22-19-10)9-4-2-8(3-5-9)12-18-14(11(15)16)23-20-12/h2-5,11H,6-7H2,1H3. The van der Waals surface area contributed by atoms with Crippen molar-refractivity contribution in [1.29, 1.82) is 0 Å². The highest BCUT2D eigenvalue weighted by Crippen LogP contribution is 2.24. The number of benzene rings is 1. The van der Waals surface area contributed by atoms with Gasteiger partial charge in [-0.25, -0.2) is 0 Å². The number of methoxy groups -OCH3 is 1. The van der Waals surface area contributed by atoms with Crippen molar-refractivity contribution in [3.05, 3.63) is 36.0 Å². The average molecular weight is 322 g/mol. The third kappa shape index (κ3) is 3.39. The monoisotopic (exact) mass is 322 g/mol. The zero-order chi connectivity index (χ0) is 16.2. The highest BCUT2D eigenvalue weighted by Gasteiger charge is 2.17. The zero-order valence-corrected chi connectivity index (χ0v) is 12.1. The maximum Gasteiger partial charge on any atom is 0.315 e. The van der Waals surface area contributed by atoms with E-state index in [0.717, 1.165) is 0 Å². The fourth-order valence-corrected chi connectivity index (χ4v) is 1.87. The van der Waals surface area contributed by atoms with Gasteiger partial charge in [-0.3, -0.25) is 0 Å². The zero-order valence-electron chi connectivity index (χ0n) is 12.1. The first-order valence-corrected chi connectivity index (χ1v) is 6.71. The lowest BCUT2D eigenvalue weighted by Gasteiger charge is -1.96. The molecule has 0 aliphatic rings. The van der Waals surface area contributed by atoms with Gasteiger partial charge in [0.15, 0.2) is 5.82 Å². The van der Waals surface area contributed by atoms with Crippen LogP contribution in [0.5, 0.6) is 0 Å². The van der Waals surface area contributed by atoms with Gasteiger partial charge in [0.25, 0.3) is 11.8 Å². The second-order valence-electron chi connectivity index (χ2n) is 4.59. The number of hydrogen-bond donors (Lipinski definition) is 0. The van der Waals surface area contributed by atoms with Crippen molar-refractivity contribution in [3.63, 3.8) is 0 Å². The average Bonchev–Trinajstić information content (AvgIpc) is 3.22. The predicted octanol–water partition coefficient (Wildman–Crippen LogP) is 2.91. The second-order valence-corrected chi connectivity index (χ2v) is 4.59. The molecule has 23 heavy (non-hydrogen) atoms. The number of rotatable bonds is 6. The number of hydrogen-bond acceptors (Lipinski definition) is 7. The summed E-state index contributed by atoms with van der Waals surface area (Å²) >= 11 is 0. The summed E-state index contributed by atoms with van der Waals surface area (Å²) in [6.07, 6.45) is -2.24. The molecular formula is C14H12F2N4O3. The van der Waals surface area contributed by atoms with Crippen molar-refractivity contribution in [2.75, 3.05) is 13.7 Å². The summed E-state index contributed by atoms with van der Waals surface area (Å²) in [5.74, 6) is 0.302. The van der Waals surface area contributed by atoms with Crippen molar-refractivity contribution < 1.29 is 22.6 Å². The van der Waals surface area contributed by atoms with Gasteiger partial charge in [-0.2, -0.15) is 18.7 Å². The van der Waals surface area contributed by atoms with Gasteiger partial charge in [-0.1, -0.05) is 22.4 Å². The van der Waals surface area contributed by atoms with E-state index < -0.39 is 12.3 Å². The van der Waals surface area contributed by atoms with Gasteiger partial charge in [-0.05, 0) is 12.1 Å². The molecule has 0 fully saturated rings. The Morgan fingerprint density at radius 2 is 1.78 bits per heavy atom. The topological polar surface area (TPSA) is 87.1 Å². The summed E-state index contributed by atoms with van der Waals surface area (Å²) < 4.78 is 39.5. The second kappa shape index (κ2) is 6.61. The largest absolute Gasteiger partial charge is 0.384 e. The highest BCUT2D eigenvalue weighted by atomic mass is 19.3. The van der Waals surface area contributed by atoms with Crippen molar-refractivity contribution in [3.8, 4) is 22.8 Å². The predicted molar refractivity (Wildman–Crippen MR) is 73.6 cm³/mol. The van der Waals surface area contributed by atoms with Gasteiger partial charge >= 0.3 is 6.43 Å². The third-order valence-corrected chi connectivity index (χ3v) is 3.02. The van der Waals surface area contributed by atoms with Gasteiger partial charge in [-0.15, -0.1) is 0 Å². The van der Waals surface area contributed by atoms with E-state index in [1.165, 1.54) is 0 Å². The summed E-state index contributed by atoms with van der Waals surface area (Å²) in [6, 6.07) is 6.74. The van der Waals surface area contributed by atoms with E-state index >= 15 is 0 Å². The molecule has 3 rings (SSSR count). The fourth-order valence-electron chi connectivity index (χ4n) is 1.87. The number of nitrogens with zero attached hydrogens (tertiary/aromatic N) is 4. The molecule has 1 aromatic carbocycles. The first-order chi connectivity index (χ1) is 11.2. The Labute approximate surface area is 129 Å². The van der Waals surface area contributed by atoms with Crippen molar-refractivity contribution >= 4 is 0 Å². The Bertz CT molecular complexity index is 770. The van der Waals surface area contributed by atoms with Gasteiger partial charge < -0.3 is 13.8 Å². The Morgan fingerprint density at radius 1 is 1.04 bits per heavy atom. The third-order valence-electron chi connectivity index (χ3n) is 3.02. The van der Waals surface area contributed by atoms with Crippen LogP contribution in [0.2, 0.25) is 0 Å². The fraction of sp³-hybridized carbons (Fsp3) is 0.286. The molecule has 3 aromatic rings. The number of halogens is 2. The molecule has 2 aromatic heterocycles. The molecule has 0 saturated carbocycles. The normalized spacial score (nSPS) is 11.3. The minimum absolute atomic E-state index is 0.0955. The summed E-state index contributed by atoms with van der Waals surface area (Å²) in [4.78, 5) is 7.87. The van der Waals surface area contributed by atoms with E-state index in [9.17, 15) is 8.78 Å². The molecule has 0 atom stereocenters. The van der Waals surface area contributed by atoms with Crippen LogP contribution in [-0.4, -0.2) is 34.0 Å². The molecule has 2 heterocycles. The van der Waals surface area contributed by atoms with Crippen LogP contribution in [0.3, 0.4) is 0 Å². The van der Waals surface area contributed by atoms with Crippen LogP contribution >= 0.6 is 0 Å². The number of alkyl halides is 2. The van der Waals surface area contributed by atoms with E-state index in [4.69, 9.17) is 9.26 Å². The van der Waals surface area contributed by atoms with Gasteiger partial charge in [0.1, 0.15) is 0 Å². The van der Waals surface area contributed by atoms with Crippen LogP contribution in [0.4, 0.5) is 8.78 Å². The Kier molecular flexibility index (Phi) is 4.38. The van der Waals surface area contributed by atoms with Crippen LogP contribution in [0.25, 0.3) is 22.8 Å². The molecule has 0 N–H and O–H groups in total. The molecule has 0 aliphatic heterocycles. The lowest BCUT2D eigenvalue weighted by Crippen LogP contribution is -1.96. The SMILES string of the molecule is COCCc1noc(-c2ccc(-c3noc(C(F)F)n3)cc2)n1. The maximum absolute atomic E-state index is 12.4. The molecule has 0 radical (unpaired) electrons. The molecule has 0 unspecified atom stereocenters. The molecule has 0 saturated heterocycles. The van der Waals surface area contributed by atoms with Crippen LogP contribution < -0.4 is 0 Å². The summed E-state index contributed by atoms with van der Waals surface area (Å²) in [5, 5.41) is 7.36. The van der Waals surface area contributed by atoms with E-state index in [2.05, 4.69) is 24.8 Å². The maximum atomic E-state index is 12.4. The van der Waals surface area contributed by atoms with Gasteiger partial charge in [0, 0.05) is 24.7 Å². The molecule has 9 heteroatoms. The lowest BCUT2D eigenvalue weighted by molar-refractivity contribution is 0.106. The van der Waals surface area contributed by atoms with E-state index in [0.29, 0.717) is 35.9 Å². The highest BCUT2D eigenvalue weighted by molar-refractivity contribution is 5.61. The summed E-state index contributed by atoms with van der Waals surface area (Å²) in [6.45, 7) is 0.502. The first kappa shape index (κ1) is 15.2. The molecule has 7 nitrogen and oxygen atoms in total. The Morgan fingerprint density at radius 3 is 2.43 bits per heavy atom. The molecule has 0 spiro atoms. The van der Waals surface area contributed by atoms with Crippen LogP contribution in [0.1, 0.15) is 18.1 Å². The molecular weight excluding hydrogens is 310 g/mol. The minimum atomic E-state index is -2.79. The molecule has 0 aliphatic carbocycles.